The van der Waals surface area contributed by atoms with E-state index in [1.807, 2.05) is 26.0 Å². The van der Waals surface area contributed by atoms with E-state index >= 15 is 0 Å². The van der Waals surface area contributed by atoms with Gasteiger partial charge in [0, 0.05) is 16.0 Å². The van der Waals surface area contributed by atoms with Crippen molar-refractivity contribution in [2.45, 2.75) is 20.4 Å². The highest BCUT2D eigenvalue weighted by atomic mass is 32.1. The van der Waals surface area contributed by atoms with Crippen LogP contribution in [0.25, 0.3) is 0 Å². The van der Waals surface area contributed by atoms with E-state index in [-0.39, 0.29) is 5.91 Å². The van der Waals surface area contributed by atoms with Crippen LogP contribution in [-0.2, 0) is 6.54 Å². The summed E-state index contributed by atoms with van der Waals surface area (Å²) in [5.74, 6) is 5.65. The number of thiazole rings is 1. The highest BCUT2D eigenvalue weighted by Gasteiger charge is 2.08. The number of hydrogen-bond donors (Lipinski definition) is 2. The lowest BCUT2D eigenvalue weighted by Crippen LogP contribution is -2.22. The molecule has 2 rings (SSSR count). The van der Waals surface area contributed by atoms with Crippen LogP contribution in [0.5, 0.6) is 0 Å². The third-order valence-corrected chi connectivity index (χ3v) is 3.86. The number of aryl methyl sites for hydroxylation is 2. The number of carbonyl (C=O) groups is 1. The van der Waals surface area contributed by atoms with Gasteiger partial charge in [-0.3, -0.25) is 4.79 Å². The Labute approximate surface area is 128 Å². The average molecular weight is 299 g/mol. The number of nitrogens with two attached hydrogens (primary N) is 1. The molecule has 108 valence electrons. The minimum atomic E-state index is -0.109. The first-order valence-electron chi connectivity index (χ1n) is 6.58. The molecule has 4 nitrogen and oxygen atoms in total. The molecule has 0 radical (unpaired) electrons. The van der Waals surface area contributed by atoms with E-state index in [2.05, 4.69) is 22.1 Å². The summed E-state index contributed by atoms with van der Waals surface area (Å²) in [7, 11) is 0. The lowest BCUT2D eigenvalue weighted by atomic mass is 10.1. The summed E-state index contributed by atoms with van der Waals surface area (Å²) in [5.41, 5.74) is 10.5. The van der Waals surface area contributed by atoms with Gasteiger partial charge in [-0.25, -0.2) is 4.98 Å². The van der Waals surface area contributed by atoms with Crippen LogP contribution in [-0.4, -0.2) is 17.4 Å². The number of amides is 1. The lowest BCUT2D eigenvalue weighted by molar-refractivity contribution is 0.0951. The Bertz CT molecular complexity index is 710. The van der Waals surface area contributed by atoms with Crippen molar-refractivity contribution in [1.29, 1.82) is 0 Å². The molecule has 1 amide bonds. The molecule has 0 fully saturated rings. The van der Waals surface area contributed by atoms with Crippen molar-refractivity contribution >= 4 is 17.2 Å². The summed E-state index contributed by atoms with van der Waals surface area (Å²) >= 11 is 1.54. The van der Waals surface area contributed by atoms with E-state index in [4.69, 9.17) is 5.73 Å². The maximum atomic E-state index is 12.2. The fourth-order valence-electron chi connectivity index (χ4n) is 1.90. The second kappa shape index (κ2) is 7.02. The van der Waals surface area contributed by atoms with Crippen molar-refractivity contribution in [2.75, 3.05) is 6.54 Å². The summed E-state index contributed by atoms with van der Waals surface area (Å²) in [6.45, 7) is 4.68. The number of carbonyl (C=O) groups excluding carboxylic acids is 1. The Morgan fingerprint density at radius 3 is 2.86 bits per heavy atom. The third-order valence-electron chi connectivity index (χ3n) is 2.93. The molecule has 1 aromatic heterocycles. The molecule has 0 saturated carbocycles. The van der Waals surface area contributed by atoms with Crippen LogP contribution >= 0.6 is 11.3 Å². The molecule has 0 aliphatic rings. The molecule has 21 heavy (non-hydrogen) atoms. The second-order valence-electron chi connectivity index (χ2n) is 4.64. The van der Waals surface area contributed by atoms with Crippen LogP contribution in [0.2, 0.25) is 0 Å². The summed E-state index contributed by atoms with van der Waals surface area (Å²) < 4.78 is 0. The Morgan fingerprint density at radius 1 is 1.38 bits per heavy atom. The summed E-state index contributed by atoms with van der Waals surface area (Å²) in [6, 6.07) is 5.57. The van der Waals surface area contributed by atoms with Crippen molar-refractivity contribution in [2.24, 2.45) is 5.73 Å². The van der Waals surface area contributed by atoms with Gasteiger partial charge < -0.3 is 11.1 Å². The van der Waals surface area contributed by atoms with E-state index in [1.165, 1.54) is 0 Å². The third kappa shape index (κ3) is 4.15. The van der Waals surface area contributed by atoms with Gasteiger partial charge in [0.2, 0.25) is 0 Å². The van der Waals surface area contributed by atoms with Crippen LogP contribution in [0.3, 0.4) is 0 Å². The molecular formula is C16H17N3OS. The number of benzene rings is 1. The zero-order chi connectivity index (χ0) is 15.2. The van der Waals surface area contributed by atoms with Crippen LogP contribution in [0.1, 0.15) is 32.1 Å². The standard InChI is InChI=1S/C16H17N3OS/c1-11-6-13(4-3-5-17)8-14(7-11)16(20)18-9-15-12(2)19-10-21-15/h6-8,10H,5,9,17H2,1-2H3,(H,18,20). The second-order valence-corrected chi connectivity index (χ2v) is 5.58. The van der Waals surface area contributed by atoms with E-state index < -0.39 is 0 Å². The van der Waals surface area contributed by atoms with Gasteiger partial charge in [-0.15, -0.1) is 11.3 Å². The number of hydrogen-bond acceptors (Lipinski definition) is 4. The summed E-state index contributed by atoms with van der Waals surface area (Å²) in [5, 5.41) is 2.91. The zero-order valence-corrected chi connectivity index (χ0v) is 12.9. The van der Waals surface area contributed by atoms with Gasteiger partial charge in [-0.1, -0.05) is 11.8 Å². The molecular weight excluding hydrogens is 282 g/mol. The molecule has 0 spiro atoms. The summed E-state index contributed by atoms with van der Waals surface area (Å²) in [6.07, 6.45) is 0. The number of nitrogens with zero attached hydrogens (tertiary/aromatic N) is 1. The Kier molecular flexibility index (Phi) is 5.09. The molecule has 1 heterocycles. The number of rotatable bonds is 3. The Hall–Kier alpha value is -2.16. The zero-order valence-electron chi connectivity index (χ0n) is 12.1. The van der Waals surface area contributed by atoms with Crippen molar-refractivity contribution in [1.82, 2.24) is 10.3 Å². The topological polar surface area (TPSA) is 68.0 Å². The van der Waals surface area contributed by atoms with Gasteiger partial charge in [0.05, 0.1) is 24.3 Å². The highest BCUT2D eigenvalue weighted by Crippen LogP contribution is 2.13. The molecule has 0 saturated heterocycles. The molecule has 0 atom stereocenters. The first kappa shape index (κ1) is 15.2. The minimum Gasteiger partial charge on any atom is -0.347 e. The molecule has 2 aromatic rings. The average Bonchev–Trinajstić information content (AvgIpc) is 2.87. The smallest absolute Gasteiger partial charge is 0.251 e. The van der Waals surface area contributed by atoms with Crippen molar-refractivity contribution < 1.29 is 4.79 Å². The number of nitrogens with one attached hydrogen (secondary N) is 1. The molecule has 0 aliphatic carbocycles. The van der Waals surface area contributed by atoms with E-state index in [9.17, 15) is 4.79 Å². The van der Waals surface area contributed by atoms with Gasteiger partial charge in [-0.05, 0) is 37.6 Å². The Balaban J connectivity index is 2.11. The van der Waals surface area contributed by atoms with E-state index in [1.54, 1.807) is 22.9 Å². The van der Waals surface area contributed by atoms with Gasteiger partial charge in [0.25, 0.3) is 5.91 Å². The fraction of sp³-hybridized carbons (Fsp3) is 0.250. The monoisotopic (exact) mass is 299 g/mol. The molecule has 5 heteroatoms. The summed E-state index contributed by atoms with van der Waals surface area (Å²) in [4.78, 5) is 17.5. The predicted molar refractivity (Wildman–Crippen MR) is 85.1 cm³/mol. The van der Waals surface area contributed by atoms with Crippen molar-refractivity contribution in [3.05, 3.63) is 51.0 Å². The minimum absolute atomic E-state index is 0.109. The molecule has 1 aromatic carbocycles. The highest BCUT2D eigenvalue weighted by molar-refractivity contribution is 7.09. The van der Waals surface area contributed by atoms with Crippen LogP contribution < -0.4 is 11.1 Å². The van der Waals surface area contributed by atoms with Gasteiger partial charge >= 0.3 is 0 Å². The van der Waals surface area contributed by atoms with E-state index in [0.717, 1.165) is 21.7 Å². The molecule has 0 aliphatic heterocycles. The Morgan fingerprint density at radius 2 is 2.19 bits per heavy atom. The maximum Gasteiger partial charge on any atom is 0.251 e. The fourth-order valence-corrected chi connectivity index (χ4v) is 2.61. The normalized spacial score (nSPS) is 9.86. The van der Waals surface area contributed by atoms with E-state index in [0.29, 0.717) is 18.7 Å². The van der Waals surface area contributed by atoms with Gasteiger partial charge in [0.15, 0.2) is 0 Å². The van der Waals surface area contributed by atoms with Crippen molar-refractivity contribution in [3.63, 3.8) is 0 Å². The SMILES string of the molecule is Cc1cc(C#CCN)cc(C(=O)NCc2scnc2C)c1. The van der Waals surface area contributed by atoms with Gasteiger partial charge in [-0.2, -0.15) is 0 Å². The van der Waals surface area contributed by atoms with Crippen LogP contribution in [0.15, 0.2) is 23.7 Å². The van der Waals surface area contributed by atoms with Crippen LogP contribution in [0.4, 0.5) is 0 Å². The molecule has 0 unspecified atom stereocenters. The first-order valence-corrected chi connectivity index (χ1v) is 7.46. The first-order chi connectivity index (χ1) is 10.1. The quantitative estimate of drug-likeness (QED) is 0.852. The van der Waals surface area contributed by atoms with Gasteiger partial charge in [0.1, 0.15) is 0 Å². The predicted octanol–water partition coefficient (Wildman–Crippen LogP) is 2.00. The van der Waals surface area contributed by atoms with Crippen LogP contribution in [0, 0.1) is 25.7 Å². The molecule has 0 bridgehead atoms. The maximum absolute atomic E-state index is 12.2. The number of aromatic nitrogens is 1. The molecule has 3 N–H and O–H groups in total. The largest absolute Gasteiger partial charge is 0.347 e. The lowest BCUT2D eigenvalue weighted by Gasteiger charge is -2.06. The van der Waals surface area contributed by atoms with Crippen molar-refractivity contribution in [3.8, 4) is 11.8 Å².